The number of carbonyl (C=O) groups is 1. The number of carbonyl (C=O) groups excluding carboxylic acids is 1. The van der Waals surface area contributed by atoms with Crippen molar-refractivity contribution in [2.45, 2.75) is 32.0 Å². The van der Waals surface area contributed by atoms with Crippen molar-refractivity contribution in [3.63, 3.8) is 0 Å². The van der Waals surface area contributed by atoms with Crippen LogP contribution >= 0.6 is 0 Å². The topological polar surface area (TPSA) is 43.7 Å². The van der Waals surface area contributed by atoms with Gasteiger partial charge >= 0.3 is 0 Å². The summed E-state index contributed by atoms with van der Waals surface area (Å²) in [6.45, 7) is 3.59. The first-order valence-electron chi connectivity index (χ1n) is 8.00. The minimum atomic E-state index is 0.0968. The summed E-state index contributed by atoms with van der Waals surface area (Å²) in [4.78, 5) is 14.8. The smallest absolute Gasteiger partial charge is 0.242 e. The van der Waals surface area contributed by atoms with Crippen LogP contribution in [-0.2, 0) is 20.8 Å². The zero-order valence-electron chi connectivity index (χ0n) is 14.0. The molecule has 2 heterocycles. The minimum Gasteiger partial charge on any atom is -0.383 e. The van der Waals surface area contributed by atoms with Gasteiger partial charge in [-0.2, -0.15) is 0 Å². The fourth-order valence-electron chi connectivity index (χ4n) is 3.48. The van der Waals surface area contributed by atoms with Gasteiger partial charge in [-0.1, -0.05) is 18.2 Å². The van der Waals surface area contributed by atoms with E-state index in [0.717, 1.165) is 17.6 Å². The Bertz CT molecular complexity index is 695. The van der Waals surface area contributed by atoms with Gasteiger partial charge in [-0.3, -0.25) is 4.79 Å². The first-order chi connectivity index (χ1) is 11.1. The van der Waals surface area contributed by atoms with Crippen molar-refractivity contribution in [1.29, 1.82) is 0 Å². The lowest BCUT2D eigenvalue weighted by atomic mass is 10.2. The fourth-order valence-corrected chi connectivity index (χ4v) is 3.48. The summed E-state index contributed by atoms with van der Waals surface area (Å²) >= 11 is 0. The van der Waals surface area contributed by atoms with E-state index in [4.69, 9.17) is 9.47 Å². The van der Waals surface area contributed by atoms with Crippen molar-refractivity contribution < 1.29 is 14.3 Å². The molecule has 1 aromatic carbocycles. The molecular formula is C18H24N2O3. The molecule has 2 atom stereocenters. The summed E-state index contributed by atoms with van der Waals surface area (Å²) in [5.41, 5.74) is 2.20. The lowest BCUT2D eigenvalue weighted by Gasteiger charge is -2.24. The van der Waals surface area contributed by atoms with Gasteiger partial charge in [-0.05, 0) is 30.9 Å². The van der Waals surface area contributed by atoms with Gasteiger partial charge in [0.05, 0.1) is 18.8 Å². The highest BCUT2D eigenvalue weighted by Gasteiger charge is 2.35. The van der Waals surface area contributed by atoms with Crippen molar-refractivity contribution in [3.8, 4) is 0 Å². The van der Waals surface area contributed by atoms with Gasteiger partial charge in [-0.25, -0.2) is 0 Å². The van der Waals surface area contributed by atoms with Crippen LogP contribution in [0.2, 0.25) is 0 Å². The molecule has 0 spiro atoms. The van der Waals surface area contributed by atoms with E-state index in [2.05, 4.69) is 22.8 Å². The van der Waals surface area contributed by atoms with Crippen LogP contribution in [0.1, 0.15) is 12.1 Å². The number of aromatic nitrogens is 1. The van der Waals surface area contributed by atoms with Crippen LogP contribution in [0.25, 0.3) is 10.9 Å². The quantitative estimate of drug-likeness (QED) is 0.849. The molecule has 124 valence electrons. The molecule has 1 amide bonds. The summed E-state index contributed by atoms with van der Waals surface area (Å²) < 4.78 is 12.8. The van der Waals surface area contributed by atoms with E-state index < -0.39 is 0 Å². The molecule has 1 fully saturated rings. The van der Waals surface area contributed by atoms with Crippen molar-refractivity contribution in [2.24, 2.45) is 0 Å². The summed E-state index contributed by atoms with van der Waals surface area (Å²) in [7, 11) is 3.37. The number of para-hydroxylation sites is 1. The van der Waals surface area contributed by atoms with E-state index in [1.807, 2.05) is 24.0 Å². The third kappa shape index (κ3) is 3.12. The largest absolute Gasteiger partial charge is 0.383 e. The maximum absolute atomic E-state index is 12.8. The Balaban J connectivity index is 1.81. The Labute approximate surface area is 136 Å². The molecule has 2 aromatic rings. The number of methoxy groups -OCH3 is 2. The predicted molar refractivity (Wildman–Crippen MR) is 89.5 cm³/mol. The number of rotatable bonds is 5. The Morgan fingerprint density at radius 1 is 1.30 bits per heavy atom. The fraction of sp³-hybridized carbons (Fsp3) is 0.500. The molecule has 0 radical (unpaired) electrons. The number of likely N-dealkylation sites (tertiary alicyclic amines) is 1. The molecule has 23 heavy (non-hydrogen) atoms. The molecule has 0 bridgehead atoms. The molecule has 5 nitrogen and oxygen atoms in total. The van der Waals surface area contributed by atoms with Crippen LogP contribution in [0, 0.1) is 6.92 Å². The van der Waals surface area contributed by atoms with Gasteiger partial charge < -0.3 is 18.9 Å². The predicted octanol–water partition coefficient (Wildman–Crippen LogP) is 2.21. The molecule has 1 aromatic heterocycles. The summed E-state index contributed by atoms with van der Waals surface area (Å²) in [5, 5.41) is 1.17. The third-order valence-corrected chi connectivity index (χ3v) is 4.70. The van der Waals surface area contributed by atoms with Crippen LogP contribution in [0.3, 0.4) is 0 Å². The Hall–Kier alpha value is -1.85. The summed E-state index contributed by atoms with van der Waals surface area (Å²) in [6, 6.07) is 10.4. The monoisotopic (exact) mass is 316 g/mol. The average molecular weight is 316 g/mol. The zero-order valence-corrected chi connectivity index (χ0v) is 14.0. The molecule has 5 heteroatoms. The van der Waals surface area contributed by atoms with E-state index in [-0.39, 0.29) is 18.1 Å². The first kappa shape index (κ1) is 16.0. The lowest BCUT2D eigenvalue weighted by Crippen LogP contribution is -2.40. The maximum Gasteiger partial charge on any atom is 0.242 e. The van der Waals surface area contributed by atoms with Gasteiger partial charge in [0, 0.05) is 32.0 Å². The summed E-state index contributed by atoms with van der Waals surface area (Å²) in [5.74, 6) is 0.121. The molecule has 0 unspecified atom stereocenters. The highest BCUT2D eigenvalue weighted by Crippen LogP contribution is 2.23. The number of ether oxygens (including phenoxy) is 2. The van der Waals surface area contributed by atoms with Gasteiger partial charge in [0.25, 0.3) is 0 Å². The SMILES string of the molecule is COC[C@@H]1C[C@@H](OC)CN1C(=O)Cn1c(C)cc2ccccc21. The van der Waals surface area contributed by atoms with Crippen LogP contribution in [0.4, 0.5) is 0 Å². The van der Waals surface area contributed by atoms with Gasteiger partial charge in [0.1, 0.15) is 6.54 Å². The minimum absolute atomic E-state index is 0.0968. The Morgan fingerprint density at radius 3 is 2.83 bits per heavy atom. The second kappa shape index (κ2) is 6.72. The number of hydrogen-bond acceptors (Lipinski definition) is 3. The van der Waals surface area contributed by atoms with Crippen molar-refractivity contribution in [3.05, 3.63) is 36.0 Å². The molecule has 1 aliphatic rings. The van der Waals surface area contributed by atoms with E-state index >= 15 is 0 Å². The molecule has 0 saturated carbocycles. The van der Waals surface area contributed by atoms with Crippen LogP contribution in [0.5, 0.6) is 0 Å². The molecule has 1 aliphatic heterocycles. The molecule has 3 rings (SSSR count). The summed E-state index contributed by atoms with van der Waals surface area (Å²) in [6.07, 6.45) is 0.934. The van der Waals surface area contributed by atoms with E-state index in [1.54, 1.807) is 14.2 Å². The molecule has 0 N–H and O–H groups in total. The van der Waals surface area contributed by atoms with Crippen molar-refractivity contribution in [1.82, 2.24) is 9.47 Å². The number of benzene rings is 1. The highest BCUT2D eigenvalue weighted by atomic mass is 16.5. The van der Waals surface area contributed by atoms with Crippen molar-refractivity contribution >= 4 is 16.8 Å². The average Bonchev–Trinajstić information content (AvgIpc) is 3.09. The second-order valence-electron chi connectivity index (χ2n) is 6.18. The van der Waals surface area contributed by atoms with Gasteiger partial charge in [-0.15, -0.1) is 0 Å². The standard InChI is InChI=1S/C18H24N2O3/c1-13-8-14-6-4-5-7-17(14)19(13)11-18(21)20-10-16(23-3)9-15(20)12-22-2/h4-8,15-16H,9-12H2,1-3H3/t15-,16+/m0/s1. The van der Waals surface area contributed by atoms with Gasteiger partial charge in [0.2, 0.25) is 5.91 Å². The van der Waals surface area contributed by atoms with Gasteiger partial charge in [0.15, 0.2) is 0 Å². The first-order valence-corrected chi connectivity index (χ1v) is 8.00. The normalized spacial score (nSPS) is 21.3. The number of nitrogens with zero attached hydrogens (tertiary/aromatic N) is 2. The lowest BCUT2D eigenvalue weighted by molar-refractivity contribution is -0.133. The third-order valence-electron chi connectivity index (χ3n) is 4.70. The molecular weight excluding hydrogens is 292 g/mol. The van der Waals surface area contributed by atoms with E-state index in [1.165, 1.54) is 5.39 Å². The van der Waals surface area contributed by atoms with Crippen LogP contribution in [-0.4, -0.2) is 54.9 Å². The highest BCUT2D eigenvalue weighted by molar-refractivity contribution is 5.84. The second-order valence-corrected chi connectivity index (χ2v) is 6.18. The number of hydrogen-bond donors (Lipinski definition) is 0. The Kier molecular flexibility index (Phi) is 4.68. The number of fused-ring (bicyclic) bond motifs is 1. The van der Waals surface area contributed by atoms with E-state index in [9.17, 15) is 4.79 Å². The number of aryl methyl sites for hydroxylation is 1. The van der Waals surface area contributed by atoms with Crippen molar-refractivity contribution in [2.75, 3.05) is 27.4 Å². The van der Waals surface area contributed by atoms with E-state index in [0.29, 0.717) is 19.7 Å². The molecule has 0 aliphatic carbocycles. The van der Waals surface area contributed by atoms with Crippen LogP contribution in [0.15, 0.2) is 30.3 Å². The number of amides is 1. The maximum atomic E-state index is 12.8. The molecule has 1 saturated heterocycles. The Morgan fingerprint density at radius 2 is 2.09 bits per heavy atom. The zero-order chi connectivity index (χ0) is 16.4. The van der Waals surface area contributed by atoms with Crippen LogP contribution < -0.4 is 0 Å².